The molecule has 1 aromatic carbocycles. The summed E-state index contributed by atoms with van der Waals surface area (Å²) in [6.45, 7) is 1.55. The van der Waals surface area contributed by atoms with Gasteiger partial charge in [-0.3, -0.25) is 0 Å². The summed E-state index contributed by atoms with van der Waals surface area (Å²) >= 11 is 0. The molecule has 0 radical (unpaired) electrons. The summed E-state index contributed by atoms with van der Waals surface area (Å²) in [5.74, 6) is -0.656. The summed E-state index contributed by atoms with van der Waals surface area (Å²) in [5, 5.41) is 0. The van der Waals surface area contributed by atoms with Gasteiger partial charge in [0.2, 0.25) is 5.76 Å². The summed E-state index contributed by atoms with van der Waals surface area (Å²) in [5.41, 5.74) is -0.782. The highest BCUT2D eigenvalue weighted by Gasteiger charge is 2.30. The van der Waals surface area contributed by atoms with E-state index >= 15 is 0 Å². The van der Waals surface area contributed by atoms with Crippen LogP contribution < -0.4 is 4.74 Å². The Kier molecular flexibility index (Phi) is 4.36. The second-order valence-corrected chi connectivity index (χ2v) is 3.27. The van der Waals surface area contributed by atoms with Gasteiger partial charge in [-0.2, -0.15) is 13.2 Å². The van der Waals surface area contributed by atoms with Crippen molar-refractivity contribution in [3.63, 3.8) is 0 Å². The number of carbonyl (C=O) groups is 1. The van der Waals surface area contributed by atoms with Crippen LogP contribution in [0, 0.1) is 0 Å². The highest BCUT2D eigenvalue weighted by molar-refractivity contribution is 5.86. The zero-order chi connectivity index (χ0) is 13.8. The number of carbonyl (C=O) groups excluding carboxylic acids is 1. The van der Waals surface area contributed by atoms with Gasteiger partial charge >= 0.3 is 12.1 Å². The summed E-state index contributed by atoms with van der Waals surface area (Å²) in [4.78, 5) is 11.2. The second kappa shape index (κ2) is 5.57. The van der Waals surface area contributed by atoms with Gasteiger partial charge in [0.1, 0.15) is 5.75 Å². The van der Waals surface area contributed by atoms with Crippen LogP contribution in [0.1, 0.15) is 12.5 Å². The number of ether oxygens (including phenoxy) is 2. The first kappa shape index (κ1) is 14.1. The van der Waals surface area contributed by atoms with E-state index in [0.717, 1.165) is 24.3 Å². The Morgan fingerprint density at radius 2 is 1.78 bits per heavy atom. The summed E-state index contributed by atoms with van der Waals surface area (Å²) in [6, 6.07) is 4.02. The fourth-order valence-electron chi connectivity index (χ4n) is 1.16. The van der Waals surface area contributed by atoms with Crippen molar-refractivity contribution in [3.05, 3.63) is 41.7 Å². The number of methoxy groups -OCH3 is 1. The van der Waals surface area contributed by atoms with E-state index in [1.807, 2.05) is 0 Å². The molecular weight excluding hydrogens is 249 g/mol. The number of benzene rings is 1. The van der Waals surface area contributed by atoms with E-state index in [1.54, 1.807) is 6.92 Å². The standard InChI is InChI=1S/C12H11F3O3/c1-3-10(11(16)17-2)18-9-6-4-8(5-7-9)12(13,14)15/h3-7H,1-2H3/b10-3-. The van der Waals surface area contributed by atoms with Crippen LogP contribution in [0.4, 0.5) is 13.2 Å². The molecule has 0 saturated heterocycles. The number of allylic oxidation sites excluding steroid dienone is 1. The number of alkyl halides is 3. The van der Waals surface area contributed by atoms with Crippen LogP contribution in [-0.2, 0) is 15.7 Å². The number of rotatable bonds is 3. The summed E-state index contributed by atoms with van der Waals surface area (Å²) in [7, 11) is 1.18. The number of esters is 1. The van der Waals surface area contributed by atoms with Crippen molar-refractivity contribution in [1.29, 1.82) is 0 Å². The van der Waals surface area contributed by atoms with Crippen molar-refractivity contribution in [2.24, 2.45) is 0 Å². The number of halogens is 3. The summed E-state index contributed by atoms with van der Waals surface area (Å²) < 4.78 is 46.5. The van der Waals surface area contributed by atoms with E-state index < -0.39 is 17.7 Å². The van der Waals surface area contributed by atoms with E-state index in [0.29, 0.717) is 0 Å². The maximum Gasteiger partial charge on any atom is 0.416 e. The summed E-state index contributed by atoms with van der Waals surface area (Å²) in [6.07, 6.45) is -3.03. The van der Waals surface area contributed by atoms with Crippen molar-refractivity contribution in [2.45, 2.75) is 13.1 Å². The average Bonchev–Trinajstić information content (AvgIpc) is 2.34. The SMILES string of the molecule is C/C=C(\Oc1ccc(C(F)(F)F)cc1)C(=O)OC. The molecule has 0 N–H and O–H groups in total. The van der Waals surface area contributed by atoms with E-state index in [2.05, 4.69) is 4.74 Å². The fourth-order valence-corrected chi connectivity index (χ4v) is 1.16. The van der Waals surface area contributed by atoms with Gasteiger partial charge in [-0.15, -0.1) is 0 Å². The molecule has 0 unspecified atom stereocenters. The number of hydrogen-bond donors (Lipinski definition) is 0. The van der Waals surface area contributed by atoms with Gasteiger partial charge in [-0.1, -0.05) is 0 Å². The minimum atomic E-state index is -4.40. The zero-order valence-corrected chi connectivity index (χ0v) is 9.75. The normalized spacial score (nSPS) is 12.2. The van der Waals surface area contributed by atoms with Gasteiger partial charge in [0, 0.05) is 0 Å². The minimum Gasteiger partial charge on any atom is -0.463 e. The Morgan fingerprint density at radius 1 is 1.22 bits per heavy atom. The lowest BCUT2D eigenvalue weighted by molar-refractivity contribution is -0.139. The maximum atomic E-state index is 12.3. The lowest BCUT2D eigenvalue weighted by Crippen LogP contribution is -2.10. The molecule has 0 heterocycles. The molecule has 0 aliphatic heterocycles. The van der Waals surface area contributed by atoms with Crippen molar-refractivity contribution in [1.82, 2.24) is 0 Å². The van der Waals surface area contributed by atoms with Gasteiger partial charge in [-0.05, 0) is 37.3 Å². The molecule has 3 nitrogen and oxygen atoms in total. The van der Waals surface area contributed by atoms with Gasteiger partial charge in [0.15, 0.2) is 0 Å². The predicted octanol–water partition coefficient (Wildman–Crippen LogP) is 3.16. The molecule has 98 valence electrons. The second-order valence-electron chi connectivity index (χ2n) is 3.27. The first-order valence-corrected chi connectivity index (χ1v) is 4.98. The molecule has 0 bridgehead atoms. The molecule has 1 rings (SSSR count). The zero-order valence-electron chi connectivity index (χ0n) is 9.75. The lowest BCUT2D eigenvalue weighted by Gasteiger charge is -2.09. The van der Waals surface area contributed by atoms with Crippen molar-refractivity contribution < 1.29 is 27.4 Å². The van der Waals surface area contributed by atoms with Crippen LogP contribution in [-0.4, -0.2) is 13.1 Å². The van der Waals surface area contributed by atoms with Crippen LogP contribution in [0.15, 0.2) is 36.1 Å². The monoisotopic (exact) mass is 260 g/mol. The van der Waals surface area contributed by atoms with E-state index in [1.165, 1.54) is 13.2 Å². The van der Waals surface area contributed by atoms with Crippen LogP contribution in [0.3, 0.4) is 0 Å². The molecule has 0 atom stereocenters. The molecule has 18 heavy (non-hydrogen) atoms. The van der Waals surface area contributed by atoms with Gasteiger partial charge < -0.3 is 9.47 Å². The molecule has 1 aromatic rings. The molecule has 0 aromatic heterocycles. The minimum absolute atomic E-state index is 0.0859. The largest absolute Gasteiger partial charge is 0.463 e. The first-order chi connectivity index (χ1) is 8.38. The molecule has 0 saturated carbocycles. The highest BCUT2D eigenvalue weighted by Crippen LogP contribution is 2.30. The molecule has 0 spiro atoms. The molecule has 6 heteroatoms. The van der Waals surface area contributed by atoms with E-state index in [4.69, 9.17) is 4.74 Å². The smallest absolute Gasteiger partial charge is 0.416 e. The fraction of sp³-hybridized carbons (Fsp3) is 0.250. The van der Waals surface area contributed by atoms with Crippen LogP contribution >= 0.6 is 0 Å². The van der Waals surface area contributed by atoms with Gasteiger partial charge in [0.25, 0.3) is 0 Å². The quantitative estimate of drug-likeness (QED) is 0.475. The Bertz CT molecular complexity index is 447. The number of hydrogen-bond acceptors (Lipinski definition) is 3. The maximum absolute atomic E-state index is 12.3. The third kappa shape index (κ3) is 3.51. The molecule has 0 amide bonds. The Labute approximate surface area is 102 Å². The topological polar surface area (TPSA) is 35.5 Å². The Hall–Kier alpha value is -1.98. The highest BCUT2D eigenvalue weighted by atomic mass is 19.4. The lowest BCUT2D eigenvalue weighted by atomic mass is 10.2. The Balaban J connectivity index is 2.84. The third-order valence-corrected chi connectivity index (χ3v) is 2.06. The third-order valence-electron chi connectivity index (χ3n) is 2.06. The van der Waals surface area contributed by atoms with E-state index in [-0.39, 0.29) is 11.5 Å². The van der Waals surface area contributed by atoms with Crippen molar-refractivity contribution in [2.75, 3.05) is 7.11 Å². The van der Waals surface area contributed by atoms with Crippen molar-refractivity contribution >= 4 is 5.97 Å². The molecule has 0 fully saturated rings. The van der Waals surface area contributed by atoms with Gasteiger partial charge in [0.05, 0.1) is 12.7 Å². The first-order valence-electron chi connectivity index (χ1n) is 4.98. The van der Waals surface area contributed by atoms with Crippen LogP contribution in [0.2, 0.25) is 0 Å². The van der Waals surface area contributed by atoms with E-state index in [9.17, 15) is 18.0 Å². The molecular formula is C12H11F3O3. The average molecular weight is 260 g/mol. The Morgan fingerprint density at radius 3 is 2.17 bits per heavy atom. The molecule has 0 aliphatic carbocycles. The van der Waals surface area contributed by atoms with Crippen molar-refractivity contribution in [3.8, 4) is 5.75 Å². The van der Waals surface area contributed by atoms with Crippen LogP contribution in [0.5, 0.6) is 5.75 Å². The van der Waals surface area contributed by atoms with Gasteiger partial charge in [-0.25, -0.2) is 4.79 Å². The predicted molar refractivity (Wildman–Crippen MR) is 57.8 cm³/mol. The molecule has 0 aliphatic rings. The van der Waals surface area contributed by atoms with Crippen LogP contribution in [0.25, 0.3) is 0 Å².